The number of amides is 1. The summed E-state index contributed by atoms with van der Waals surface area (Å²) in [6.07, 6.45) is 0. The molecular formula is C22H19NO2. The molecule has 1 aliphatic heterocycles. The molecule has 0 saturated carbocycles. The predicted molar refractivity (Wildman–Crippen MR) is 98.2 cm³/mol. The van der Waals surface area contributed by atoms with Gasteiger partial charge in [0.25, 0.3) is 5.91 Å². The van der Waals surface area contributed by atoms with Gasteiger partial charge in [-0.3, -0.25) is 4.79 Å². The summed E-state index contributed by atoms with van der Waals surface area (Å²) >= 11 is 0. The van der Waals surface area contributed by atoms with E-state index in [1.807, 2.05) is 80.6 Å². The molecule has 0 spiro atoms. The lowest BCUT2D eigenvalue weighted by Crippen LogP contribution is -2.31. The Balaban J connectivity index is 1.75. The van der Waals surface area contributed by atoms with E-state index >= 15 is 0 Å². The molecule has 1 aliphatic rings. The van der Waals surface area contributed by atoms with Crippen LogP contribution in [-0.4, -0.2) is 5.91 Å². The molecule has 0 aliphatic carbocycles. The van der Waals surface area contributed by atoms with Gasteiger partial charge in [-0.25, -0.2) is 0 Å². The summed E-state index contributed by atoms with van der Waals surface area (Å²) in [5.74, 6) is 1.53. The van der Waals surface area contributed by atoms with Crippen molar-refractivity contribution < 1.29 is 9.53 Å². The van der Waals surface area contributed by atoms with Crippen LogP contribution in [0.4, 0.5) is 0 Å². The number of fused-ring (bicyclic) bond motifs is 2. The Kier molecular flexibility index (Phi) is 3.77. The van der Waals surface area contributed by atoms with Crippen molar-refractivity contribution in [3.8, 4) is 11.5 Å². The van der Waals surface area contributed by atoms with Gasteiger partial charge in [-0.1, -0.05) is 54.1 Å². The summed E-state index contributed by atoms with van der Waals surface area (Å²) < 4.78 is 6.09. The molecule has 0 radical (unpaired) electrons. The van der Waals surface area contributed by atoms with Gasteiger partial charge in [-0.2, -0.15) is 0 Å². The number of rotatable bonds is 2. The molecule has 3 aromatic rings. The zero-order valence-corrected chi connectivity index (χ0v) is 14.2. The lowest BCUT2D eigenvalue weighted by molar-refractivity contribution is 0.0941. The minimum atomic E-state index is -0.228. The van der Waals surface area contributed by atoms with Crippen LogP contribution in [0.5, 0.6) is 11.5 Å². The van der Waals surface area contributed by atoms with E-state index in [1.165, 1.54) is 0 Å². The number of ether oxygens (including phenoxy) is 1. The molecule has 0 bridgehead atoms. The lowest BCUT2D eigenvalue weighted by Gasteiger charge is -2.29. The standard InChI is InChI=1S/C22H19NO2/c1-14-10-12-16(13-11-14)22(24)23-20-17-7-3-4-9-19(17)25-21-15(2)6-5-8-18(20)21/h3-13,20H,1-2H3,(H,23,24)/t20-/m0/s1. The number of aryl methyl sites for hydroxylation is 2. The van der Waals surface area contributed by atoms with E-state index in [1.54, 1.807) is 0 Å². The molecule has 25 heavy (non-hydrogen) atoms. The SMILES string of the molecule is Cc1ccc(C(=O)N[C@H]2c3ccccc3Oc3c(C)cccc32)cc1. The van der Waals surface area contributed by atoms with Gasteiger partial charge in [-0.15, -0.1) is 0 Å². The zero-order chi connectivity index (χ0) is 17.4. The van der Waals surface area contributed by atoms with Crippen LogP contribution in [0.3, 0.4) is 0 Å². The first-order valence-electron chi connectivity index (χ1n) is 8.37. The van der Waals surface area contributed by atoms with E-state index in [0.29, 0.717) is 5.56 Å². The largest absolute Gasteiger partial charge is 0.456 e. The van der Waals surface area contributed by atoms with Gasteiger partial charge in [0.15, 0.2) is 0 Å². The highest BCUT2D eigenvalue weighted by Crippen LogP contribution is 2.44. The number of hydrogen-bond donors (Lipinski definition) is 1. The van der Waals surface area contributed by atoms with Gasteiger partial charge in [0.1, 0.15) is 11.5 Å². The van der Waals surface area contributed by atoms with Crippen LogP contribution in [0, 0.1) is 13.8 Å². The summed E-state index contributed by atoms with van der Waals surface area (Å²) in [4.78, 5) is 12.8. The number of hydrogen-bond acceptors (Lipinski definition) is 2. The van der Waals surface area contributed by atoms with E-state index in [2.05, 4.69) is 5.32 Å². The van der Waals surface area contributed by atoms with Crippen molar-refractivity contribution in [2.24, 2.45) is 0 Å². The van der Waals surface area contributed by atoms with Crippen LogP contribution < -0.4 is 10.1 Å². The Morgan fingerprint density at radius 2 is 1.60 bits per heavy atom. The summed E-state index contributed by atoms with van der Waals surface area (Å²) in [5, 5.41) is 3.18. The second-order valence-corrected chi connectivity index (χ2v) is 6.41. The van der Waals surface area contributed by atoms with Crippen LogP contribution in [-0.2, 0) is 0 Å². The quantitative estimate of drug-likeness (QED) is 0.724. The molecule has 4 rings (SSSR count). The van der Waals surface area contributed by atoms with Crippen molar-refractivity contribution in [2.75, 3.05) is 0 Å². The Labute approximate surface area is 147 Å². The number of benzene rings is 3. The van der Waals surface area contributed by atoms with Crippen molar-refractivity contribution >= 4 is 5.91 Å². The van der Waals surface area contributed by atoms with Crippen molar-refractivity contribution in [3.05, 3.63) is 94.5 Å². The Morgan fingerprint density at radius 1 is 0.880 bits per heavy atom. The minimum Gasteiger partial charge on any atom is -0.456 e. The second-order valence-electron chi connectivity index (χ2n) is 6.41. The molecule has 3 aromatic carbocycles. The van der Waals surface area contributed by atoms with E-state index in [4.69, 9.17) is 4.74 Å². The van der Waals surface area contributed by atoms with Crippen LogP contribution in [0.1, 0.15) is 38.7 Å². The molecule has 0 aromatic heterocycles. The van der Waals surface area contributed by atoms with Crippen molar-refractivity contribution in [1.82, 2.24) is 5.32 Å². The first kappa shape index (κ1) is 15.5. The number of nitrogens with one attached hydrogen (secondary N) is 1. The fourth-order valence-electron chi connectivity index (χ4n) is 3.21. The molecule has 3 heteroatoms. The molecule has 3 nitrogen and oxygen atoms in total. The van der Waals surface area contributed by atoms with Crippen LogP contribution in [0.2, 0.25) is 0 Å². The average molecular weight is 329 g/mol. The third kappa shape index (κ3) is 2.78. The van der Waals surface area contributed by atoms with Crippen LogP contribution in [0.25, 0.3) is 0 Å². The summed E-state index contributed by atoms with van der Waals surface area (Å²) in [5.41, 5.74) is 4.81. The van der Waals surface area contributed by atoms with Crippen molar-refractivity contribution in [2.45, 2.75) is 19.9 Å². The van der Waals surface area contributed by atoms with Crippen molar-refractivity contribution in [3.63, 3.8) is 0 Å². The van der Waals surface area contributed by atoms with Crippen molar-refractivity contribution in [1.29, 1.82) is 0 Å². The molecule has 1 atom stereocenters. The predicted octanol–water partition coefficient (Wildman–Crippen LogP) is 4.93. The van der Waals surface area contributed by atoms with E-state index in [0.717, 1.165) is 33.8 Å². The molecule has 0 saturated heterocycles. The molecule has 1 N–H and O–H groups in total. The molecule has 0 unspecified atom stereocenters. The minimum absolute atomic E-state index is 0.0887. The highest BCUT2D eigenvalue weighted by Gasteiger charge is 2.29. The molecule has 1 amide bonds. The second kappa shape index (κ2) is 6.10. The third-order valence-electron chi connectivity index (χ3n) is 4.58. The Morgan fingerprint density at radius 3 is 2.40 bits per heavy atom. The van der Waals surface area contributed by atoms with E-state index in [9.17, 15) is 4.79 Å². The van der Waals surface area contributed by atoms with Gasteiger partial charge in [-0.05, 0) is 37.6 Å². The number of carbonyl (C=O) groups excluding carboxylic acids is 1. The monoisotopic (exact) mass is 329 g/mol. The number of carbonyl (C=O) groups is 1. The van der Waals surface area contributed by atoms with Crippen LogP contribution in [0.15, 0.2) is 66.7 Å². The van der Waals surface area contributed by atoms with E-state index < -0.39 is 0 Å². The smallest absolute Gasteiger partial charge is 0.252 e. The highest BCUT2D eigenvalue weighted by molar-refractivity contribution is 5.95. The maximum absolute atomic E-state index is 12.8. The summed E-state index contributed by atoms with van der Waals surface area (Å²) in [6.45, 7) is 4.03. The molecule has 1 heterocycles. The normalized spacial score (nSPS) is 14.9. The van der Waals surface area contributed by atoms with E-state index in [-0.39, 0.29) is 11.9 Å². The number of para-hydroxylation sites is 2. The Hall–Kier alpha value is -3.07. The van der Waals surface area contributed by atoms with Gasteiger partial charge < -0.3 is 10.1 Å². The van der Waals surface area contributed by atoms with Gasteiger partial charge in [0.05, 0.1) is 6.04 Å². The van der Waals surface area contributed by atoms with Gasteiger partial charge >= 0.3 is 0 Å². The van der Waals surface area contributed by atoms with Gasteiger partial charge in [0, 0.05) is 16.7 Å². The first-order chi connectivity index (χ1) is 12.1. The Bertz CT molecular complexity index is 944. The molecular weight excluding hydrogens is 310 g/mol. The lowest BCUT2D eigenvalue weighted by atomic mass is 9.92. The molecule has 124 valence electrons. The topological polar surface area (TPSA) is 38.3 Å². The fraction of sp³-hybridized carbons (Fsp3) is 0.136. The average Bonchev–Trinajstić information content (AvgIpc) is 2.63. The summed E-state index contributed by atoms with van der Waals surface area (Å²) in [7, 11) is 0. The third-order valence-corrected chi connectivity index (χ3v) is 4.58. The molecule has 0 fully saturated rings. The highest BCUT2D eigenvalue weighted by atomic mass is 16.5. The maximum atomic E-state index is 12.8. The maximum Gasteiger partial charge on any atom is 0.252 e. The zero-order valence-electron chi connectivity index (χ0n) is 14.2. The fourth-order valence-corrected chi connectivity index (χ4v) is 3.21. The van der Waals surface area contributed by atoms with Gasteiger partial charge in [0.2, 0.25) is 0 Å². The first-order valence-corrected chi connectivity index (χ1v) is 8.37. The summed E-state index contributed by atoms with van der Waals surface area (Å²) in [6, 6.07) is 21.3. The van der Waals surface area contributed by atoms with Crippen LogP contribution >= 0.6 is 0 Å².